The van der Waals surface area contributed by atoms with E-state index in [0.717, 1.165) is 28.0 Å². The van der Waals surface area contributed by atoms with Crippen LogP contribution >= 0.6 is 27.5 Å². The maximum Gasteiger partial charge on any atom is 0.410 e. The lowest BCUT2D eigenvalue weighted by Crippen LogP contribution is -2.38. The van der Waals surface area contributed by atoms with E-state index in [1.807, 2.05) is 45.9 Å². The van der Waals surface area contributed by atoms with Crippen LogP contribution in [0.25, 0.3) is 0 Å². The number of carbonyl (C=O) groups excluding carboxylic acids is 1. The number of nitrogens with zero attached hydrogens (tertiary/aromatic N) is 1. The molecule has 1 N–H and O–H groups in total. The summed E-state index contributed by atoms with van der Waals surface area (Å²) in [6, 6.07) is 5.81. The number of carbonyl (C=O) groups is 1. The number of hydrogen-bond donors (Lipinski definition) is 1. The van der Waals surface area contributed by atoms with Crippen molar-refractivity contribution in [1.82, 2.24) is 10.2 Å². The molecule has 0 aromatic heterocycles. The molecule has 6 heteroatoms. The second kappa shape index (κ2) is 9.50. The zero-order chi connectivity index (χ0) is 17.5. The van der Waals surface area contributed by atoms with E-state index >= 15 is 0 Å². The van der Waals surface area contributed by atoms with E-state index in [2.05, 4.69) is 21.2 Å². The van der Waals surface area contributed by atoms with Crippen LogP contribution in [0.4, 0.5) is 4.79 Å². The third kappa shape index (κ3) is 8.04. The maximum absolute atomic E-state index is 12.0. The highest BCUT2D eigenvalue weighted by molar-refractivity contribution is 9.10. The summed E-state index contributed by atoms with van der Waals surface area (Å²) in [5, 5.41) is 4.11. The average molecular weight is 406 g/mol. The molecule has 0 aliphatic carbocycles. The van der Waals surface area contributed by atoms with Crippen LogP contribution in [0.3, 0.4) is 0 Å². The third-order valence-corrected chi connectivity index (χ3v) is 4.00. The molecule has 0 aliphatic rings. The van der Waals surface area contributed by atoms with Crippen molar-refractivity contribution in [1.29, 1.82) is 0 Å². The standard InChI is InChI=1S/C17H26BrClN2O2/c1-5-21(16(22)23-17(2,3)4)10-6-9-20-12-13-11-14(18)7-8-15(13)19/h7-8,11,20H,5-6,9-10,12H2,1-4H3. The molecule has 0 bridgehead atoms. The monoisotopic (exact) mass is 404 g/mol. The molecule has 23 heavy (non-hydrogen) atoms. The molecule has 0 unspecified atom stereocenters. The second-order valence-electron chi connectivity index (χ2n) is 6.33. The largest absolute Gasteiger partial charge is 0.444 e. The molecule has 130 valence electrons. The van der Waals surface area contributed by atoms with Crippen LogP contribution in [0, 0.1) is 0 Å². The number of benzene rings is 1. The Morgan fingerprint density at radius 1 is 1.39 bits per heavy atom. The molecule has 0 saturated carbocycles. The number of halogens is 2. The Hall–Kier alpha value is -0.780. The lowest BCUT2D eigenvalue weighted by atomic mass is 10.2. The van der Waals surface area contributed by atoms with Crippen molar-refractivity contribution >= 4 is 33.6 Å². The first-order valence-corrected chi connectivity index (χ1v) is 9.02. The minimum Gasteiger partial charge on any atom is -0.444 e. The van der Waals surface area contributed by atoms with E-state index in [9.17, 15) is 4.79 Å². The second-order valence-corrected chi connectivity index (χ2v) is 7.65. The number of ether oxygens (including phenoxy) is 1. The third-order valence-electron chi connectivity index (χ3n) is 3.14. The Bertz CT molecular complexity index is 518. The van der Waals surface area contributed by atoms with Crippen molar-refractivity contribution < 1.29 is 9.53 Å². The van der Waals surface area contributed by atoms with Crippen molar-refractivity contribution in [3.8, 4) is 0 Å². The van der Waals surface area contributed by atoms with Crippen LogP contribution in [0.2, 0.25) is 5.02 Å². The molecule has 0 saturated heterocycles. The summed E-state index contributed by atoms with van der Waals surface area (Å²) in [7, 11) is 0. The topological polar surface area (TPSA) is 41.6 Å². The highest BCUT2D eigenvalue weighted by Crippen LogP contribution is 2.20. The summed E-state index contributed by atoms with van der Waals surface area (Å²) in [6.07, 6.45) is 0.605. The van der Waals surface area contributed by atoms with Gasteiger partial charge in [-0.15, -0.1) is 0 Å². The van der Waals surface area contributed by atoms with Crippen LogP contribution in [0.15, 0.2) is 22.7 Å². The van der Waals surface area contributed by atoms with Gasteiger partial charge < -0.3 is 15.0 Å². The molecule has 0 heterocycles. The molecule has 1 aromatic carbocycles. The number of amides is 1. The quantitative estimate of drug-likeness (QED) is 0.660. The lowest BCUT2D eigenvalue weighted by Gasteiger charge is -2.26. The van der Waals surface area contributed by atoms with Crippen molar-refractivity contribution in [2.45, 2.75) is 46.3 Å². The maximum atomic E-state index is 12.0. The fourth-order valence-corrected chi connectivity index (χ4v) is 2.59. The number of nitrogens with one attached hydrogen (secondary N) is 1. The fourth-order valence-electron chi connectivity index (χ4n) is 2.00. The Balaban J connectivity index is 2.32. The van der Waals surface area contributed by atoms with E-state index in [1.165, 1.54) is 0 Å². The van der Waals surface area contributed by atoms with Gasteiger partial charge in [0.25, 0.3) is 0 Å². The predicted octanol–water partition coefficient (Wildman–Crippen LogP) is 4.84. The van der Waals surface area contributed by atoms with E-state index in [1.54, 1.807) is 4.90 Å². The van der Waals surface area contributed by atoms with Crippen LogP contribution in [-0.4, -0.2) is 36.2 Å². The Kier molecular flexibility index (Phi) is 8.37. The highest BCUT2D eigenvalue weighted by atomic mass is 79.9. The summed E-state index contributed by atoms with van der Waals surface area (Å²) < 4.78 is 6.40. The van der Waals surface area contributed by atoms with Crippen molar-refractivity contribution in [3.05, 3.63) is 33.3 Å². The van der Waals surface area contributed by atoms with Gasteiger partial charge in [-0.25, -0.2) is 4.79 Å². The van der Waals surface area contributed by atoms with Crippen molar-refractivity contribution in [2.24, 2.45) is 0 Å². The zero-order valence-corrected chi connectivity index (χ0v) is 16.6. The van der Waals surface area contributed by atoms with E-state index in [0.29, 0.717) is 19.6 Å². The van der Waals surface area contributed by atoms with Crippen LogP contribution in [-0.2, 0) is 11.3 Å². The Labute approximate surface area is 152 Å². The smallest absolute Gasteiger partial charge is 0.410 e. The molecular formula is C17H26BrClN2O2. The molecule has 4 nitrogen and oxygen atoms in total. The van der Waals surface area contributed by atoms with Gasteiger partial charge in [0.1, 0.15) is 5.60 Å². The van der Waals surface area contributed by atoms with Gasteiger partial charge in [-0.2, -0.15) is 0 Å². The first-order valence-electron chi connectivity index (χ1n) is 7.85. The Morgan fingerprint density at radius 3 is 2.70 bits per heavy atom. The molecule has 0 fully saturated rings. The zero-order valence-electron chi connectivity index (χ0n) is 14.3. The summed E-state index contributed by atoms with van der Waals surface area (Å²) in [5.41, 5.74) is 0.598. The van der Waals surface area contributed by atoms with E-state index in [-0.39, 0.29) is 6.09 Å². The SMILES string of the molecule is CCN(CCCNCc1cc(Br)ccc1Cl)C(=O)OC(C)(C)C. The predicted molar refractivity (Wildman–Crippen MR) is 99.0 cm³/mol. The average Bonchev–Trinajstić information content (AvgIpc) is 2.44. The van der Waals surface area contributed by atoms with Gasteiger partial charge in [0, 0.05) is 29.1 Å². The molecule has 0 atom stereocenters. The van der Waals surface area contributed by atoms with Gasteiger partial charge in [-0.1, -0.05) is 27.5 Å². The molecule has 1 amide bonds. The molecule has 0 radical (unpaired) electrons. The number of rotatable bonds is 7. The van der Waals surface area contributed by atoms with E-state index < -0.39 is 5.60 Å². The van der Waals surface area contributed by atoms with Gasteiger partial charge in [0.05, 0.1) is 0 Å². The molecule has 0 aliphatic heterocycles. The van der Waals surface area contributed by atoms with Crippen molar-refractivity contribution in [2.75, 3.05) is 19.6 Å². The lowest BCUT2D eigenvalue weighted by molar-refractivity contribution is 0.0258. The molecule has 1 aromatic rings. The fraction of sp³-hybridized carbons (Fsp3) is 0.588. The van der Waals surface area contributed by atoms with Crippen LogP contribution in [0.5, 0.6) is 0 Å². The molecular weight excluding hydrogens is 380 g/mol. The first-order chi connectivity index (χ1) is 10.7. The van der Waals surface area contributed by atoms with Crippen LogP contribution < -0.4 is 5.32 Å². The first kappa shape index (κ1) is 20.3. The minimum absolute atomic E-state index is 0.255. The van der Waals surface area contributed by atoms with Gasteiger partial charge in [-0.3, -0.25) is 0 Å². The minimum atomic E-state index is -0.458. The summed E-state index contributed by atoms with van der Waals surface area (Å²) in [5.74, 6) is 0. The number of hydrogen-bond acceptors (Lipinski definition) is 3. The van der Waals surface area contributed by atoms with Gasteiger partial charge in [0.2, 0.25) is 0 Å². The summed E-state index contributed by atoms with van der Waals surface area (Å²) >= 11 is 9.60. The Morgan fingerprint density at radius 2 is 2.09 bits per heavy atom. The van der Waals surface area contributed by atoms with Crippen LogP contribution in [0.1, 0.15) is 39.7 Å². The molecule has 0 spiro atoms. The van der Waals surface area contributed by atoms with Gasteiger partial charge in [-0.05, 0) is 64.4 Å². The summed E-state index contributed by atoms with van der Waals surface area (Å²) in [4.78, 5) is 13.7. The molecule has 1 rings (SSSR count). The van der Waals surface area contributed by atoms with Gasteiger partial charge >= 0.3 is 6.09 Å². The normalized spacial score (nSPS) is 11.4. The van der Waals surface area contributed by atoms with E-state index in [4.69, 9.17) is 16.3 Å². The van der Waals surface area contributed by atoms with Gasteiger partial charge in [0.15, 0.2) is 0 Å². The highest BCUT2D eigenvalue weighted by Gasteiger charge is 2.20. The summed E-state index contributed by atoms with van der Waals surface area (Å²) in [6.45, 7) is 10.4. The van der Waals surface area contributed by atoms with Crippen molar-refractivity contribution in [3.63, 3.8) is 0 Å².